The van der Waals surface area contributed by atoms with Crippen LogP contribution in [0.4, 0.5) is 5.69 Å². The first-order valence-corrected chi connectivity index (χ1v) is 6.55. The first-order chi connectivity index (χ1) is 7.38. The molecule has 0 spiro atoms. The largest absolute Gasteiger partial charge is 0.378 e. The topological polar surface area (TPSA) is 61.8 Å². The van der Waals surface area contributed by atoms with Crippen LogP contribution in [0.1, 0.15) is 5.56 Å². The molecule has 0 radical (unpaired) electrons. The highest BCUT2D eigenvalue weighted by atomic mass is 32.2. The van der Waals surface area contributed by atoms with Gasteiger partial charge in [-0.05, 0) is 17.7 Å². The van der Waals surface area contributed by atoms with Crippen LogP contribution in [0.3, 0.4) is 0 Å². The molecule has 0 aliphatic carbocycles. The van der Waals surface area contributed by atoms with Crippen molar-refractivity contribution in [3.05, 3.63) is 29.8 Å². The van der Waals surface area contributed by atoms with Crippen molar-refractivity contribution in [2.24, 2.45) is 5.10 Å². The van der Waals surface area contributed by atoms with E-state index in [4.69, 9.17) is 0 Å². The molecule has 1 rings (SSSR count). The maximum atomic E-state index is 10.7. The molecule has 16 heavy (non-hydrogen) atoms. The smallest absolute Gasteiger partial charge is 0.244 e. The van der Waals surface area contributed by atoms with E-state index in [1.54, 1.807) is 0 Å². The molecular formula is C10H15N3O2S. The summed E-state index contributed by atoms with van der Waals surface area (Å²) in [6, 6.07) is 7.59. The van der Waals surface area contributed by atoms with Gasteiger partial charge in [0.1, 0.15) is 0 Å². The molecule has 88 valence electrons. The van der Waals surface area contributed by atoms with Crippen LogP contribution in [0.5, 0.6) is 0 Å². The van der Waals surface area contributed by atoms with E-state index in [1.165, 1.54) is 6.21 Å². The van der Waals surface area contributed by atoms with E-state index in [9.17, 15) is 8.42 Å². The zero-order valence-electron chi connectivity index (χ0n) is 9.51. The summed E-state index contributed by atoms with van der Waals surface area (Å²) in [6.45, 7) is 0. The maximum absolute atomic E-state index is 10.7. The van der Waals surface area contributed by atoms with Gasteiger partial charge in [-0.15, -0.1) is 0 Å². The van der Waals surface area contributed by atoms with E-state index in [2.05, 4.69) is 5.10 Å². The van der Waals surface area contributed by atoms with Crippen molar-refractivity contribution in [3.8, 4) is 0 Å². The lowest BCUT2D eigenvalue weighted by Gasteiger charge is -2.11. The molecule has 0 atom stereocenters. The predicted octanol–water partition coefficient (Wildman–Crippen LogP) is 0.636. The van der Waals surface area contributed by atoms with Crippen LogP contribution in [0.15, 0.2) is 29.4 Å². The zero-order valence-corrected chi connectivity index (χ0v) is 10.3. The second-order valence-corrected chi connectivity index (χ2v) is 5.33. The standard InChI is InChI=1S/C10H15N3O2S/c1-13(2)10-6-4-9(5-7-10)8-11-12-16(3,14)15/h4-8,12H,1-3H3/b11-8+. The molecule has 1 aromatic rings. The number of hydrogen-bond donors (Lipinski definition) is 1. The van der Waals surface area contributed by atoms with Crippen LogP contribution in [0, 0.1) is 0 Å². The molecule has 0 unspecified atom stereocenters. The monoisotopic (exact) mass is 241 g/mol. The van der Waals surface area contributed by atoms with Gasteiger partial charge in [0.2, 0.25) is 10.0 Å². The fraction of sp³-hybridized carbons (Fsp3) is 0.300. The number of sulfonamides is 1. The van der Waals surface area contributed by atoms with Crippen LogP contribution in [0.25, 0.3) is 0 Å². The molecule has 0 amide bonds. The van der Waals surface area contributed by atoms with Gasteiger partial charge in [0.25, 0.3) is 0 Å². The Morgan fingerprint density at radius 2 is 1.81 bits per heavy atom. The van der Waals surface area contributed by atoms with Crippen molar-refractivity contribution in [1.29, 1.82) is 0 Å². The van der Waals surface area contributed by atoms with E-state index in [0.29, 0.717) is 0 Å². The lowest BCUT2D eigenvalue weighted by molar-refractivity contribution is 0.591. The van der Waals surface area contributed by atoms with Crippen molar-refractivity contribution in [2.75, 3.05) is 25.3 Å². The van der Waals surface area contributed by atoms with Crippen LogP contribution in [-0.4, -0.2) is 35.0 Å². The fourth-order valence-corrected chi connectivity index (χ4v) is 1.30. The summed E-state index contributed by atoms with van der Waals surface area (Å²) in [5, 5.41) is 3.61. The molecule has 1 aromatic carbocycles. The number of rotatable bonds is 4. The number of nitrogens with zero attached hydrogens (tertiary/aromatic N) is 2. The number of nitrogens with one attached hydrogen (secondary N) is 1. The maximum Gasteiger partial charge on any atom is 0.244 e. The molecule has 6 heteroatoms. The Balaban J connectivity index is 2.69. The molecule has 0 aromatic heterocycles. The number of hydrogen-bond acceptors (Lipinski definition) is 4. The Labute approximate surface area is 95.8 Å². The third-order valence-electron chi connectivity index (χ3n) is 1.84. The third kappa shape index (κ3) is 4.31. The second kappa shape index (κ2) is 4.98. The fourth-order valence-electron chi connectivity index (χ4n) is 1.06. The van der Waals surface area contributed by atoms with Crippen molar-refractivity contribution in [3.63, 3.8) is 0 Å². The van der Waals surface area contributed by atoms with Crippen LogP contribution in [-0.2, 0) is 10.0 Å². The van der Waals surface area contributed by atoms with Gasteiger partial charge in [0.15, 0.2) is 0 Å². The highest BCUT2D eigenvalue weighted by molar-refractivity contribution is 7.88. The third-order valence-corrected chi connectivity index (χ3v) is 2.28. The van der Waals surface area contributed by atoms with Gasteiger partial charge in [0.05, 0.1) is 12.5 Å². The molecular weight excluding hydrogens is 226 g/mol. The van der Waals surface area contributed by atoms with Gasteiger partial charge < -0.3 is 4.90 Å². The normalized spacial score (nSPS) is 11.7. The highest BCUT2D eigenvalue weighted by Gasteiger charge is 1.96. The van der Waals surface area contributed by atoms with Crippen molar-refractivity contribution >= 4 is 21.9 Å². The molecule has 0 aliphatic rings. The summed E-state index contributed by atoms with van der Waals surface area (Å²) in [5.41, 5.74) is 1.91. The number of benzene rings is 1. The second-order valence-electron chi connectivity index (χ2n) is 3.61. The summed E-state index contributed by atoms with van der Waals surface area (Å²) in [6.07, 6.45) is 2.51. The minimum Gasteiger partial charge on any atom is -0.378 e. The van der Waals surface area contributed by atoms with Gasteiger partial charge in [0, 0.05) is 19.8 Å². The van der Waals surface area contributed by atoms with E-state index in [-0.39, 0.29) is 0 Å². The van der Waals surface area contributed by atoms with Gasteiger partial charge in [-0.3, -0.25) is 0 Å². The highest BCUT2D eigenvalue weighted by Crippen LogP contribution is 2.10. The average Bonchev–Trinajstić information content (AvgIpc) is 2.16. The summed E-state index contributed by atoms with van der Waals surface area (Å²) >= 11 is 0. The van der Waals surface area contributed by atoms with Gasteiger partial charge >= 0.3 is 0 Å². The summed E-state index contributed by atoms with van der Waals surface area (Å²) < 4.78 is 21.5. The van der Waals surface area contributed by atoms with Crippen molar-refractivity contribution < 1.29 is 8.42 Å². The molecule has 0 bridgehead atoms. The van der Waals surface area contributed by atoms with Gasteiger partial charge in [-0.2, -0.15) is 5.10 Å². The Hall–Kier alpha value is -1.56. The lowest BCUT2D eigenvalue weighted by atomic mass is 10.2. The molecule has 1 N–H and O–H groups in total. The lowest BCUT2D eigenvalue weighted by Crippen LogP contribution is -2.15. The summed E-state index contributed by atoms with van der Waals surface area (Å²) in [5.74, 6) is 0. The van der Waals surface area contributed by atoms with Gasteiger partial charge in [-0.1, -0.05) is 12.1 Å². The Morgan fingerprint density at radius 1 is 1.25 bits per heavy atom. The zero-order chi connectivity index (χ0) is 12.2. The van der Waals surface area contributed by atoms with E-state index < -0.39 is 10.0 Å². The number of hydrazone groups is 1. The minimum absolute atomic E-state index is 0.835. The van der Waals surface area contributed by atoms with E-state index >= 15 is 0 Å². The summed E-state index contributed by atoms with van der Waals surface area (Å²) in [7, 11) is 0.633. The average molecular weight is 241 g/mol. The van der Waals surface area contributed by atoms with Gasteiger partial charge in [-0.25, -0.2) is 13.2 Å². The predicted molar refractivity (Wildman–Crippen MR) is 66.3 cm³/mol. The van der Waals surface area contributed by atoms with Crippen molar-refractivity contribution in [1.82, 2.24) is 4.83 Å². The Morgan fingerprint density at radius 3 is 2.25 bits per heavy atom. The first kappa shape index (κ1) is 12.5. The van der Waals surface area contributed by atoms with Crippen LogP contribution < -0.4 is 9.73 Å². The van der Waals surface area contributed by atoms with E-state index in [1.807, 2.05) is 48.1 Å². The van der Waals surface area contributed by atoms with Crippen LogP contribution in [0.2, 0.25) is 0 Å². The first-order valence-electron chi connectivity index (χ1n) is 4.66. The van der Waals surface area contributed by atoms with Crippen molar-refractivity contribution in [2.45, 2.75) is 0 Å². The molecule has 0 heterocycles. The SMILES string of the molecule is CN(C)c1ccc(/C=N/NS(C)(=O)=O)cc1. The van der Waals surface area contributed by atoms with Crippen LogP contribution >= 0.6 is 0 Å². The molecule has 0 aliphatic heterocycles. The Kier molecular flexibility index (Phi) is 3.89. The minimum atomic E-state index is -3.27. The summed E-state index contributed by atoms with van der Waals surface area (Å²) in [4.78, 5) is 4.02. The van der Waals surface area contributed by atoms with E-state index in [0.717, 1.165) is 17.5 Å². The molecule has 5 nitrogen and oxygen atoms in total. The number of anilines is 1. The molecule has 0 fully saturated rings. The quantitative estimate of drug-likeness (QED) is 0.621. The molecule has 0 saturated heterocycles. The molecule has 0 saturated carbocycles. The Bertz CT molecular complexity index is 463.